The number of benzene rings is 1. The lowest BCUT2D eigenvalue weighted by Crippen LogP contribution is -2.41. The first-order valence-corrected chi connectivity index (χ1v) is 6.77. The molecule has 0 aromatic heterocycles. The predicted octanol–water partition coefficient (Wildman–Crippen LogP) is 2.30. The molecule has 0 spiro atoms. The average Bonchev–Trinajstić information content (AvgIpc) is 2.45. The number of carboxylic acids is 1. The number of anilines is 1. The zero-order chi connectivity index (χ0) is 16.0. The van der Waals surface area contributed by atoms with Gasteiger partial charge in [-0.3, -0.25) is 4.90 Å². The molecule has 0 aliphatic heterocycles. The molecule has 6 heteroatoms. The van der Waals surface area contributed by atoms with Crippen molar-refractivity contribution in [3.05, 3.63) is 29.8 Å². The third kappa shape index (κ3) is 4.75. The number of nitrogens with zero attached hydrogens (tertiary/aromatic N) is 2. The summed E-state index contributed by atoms with van der Waals surface area (Å²) in [6.45, 7) is 4.74. The normalized spacial score (nSPS) is 10.5. The maximum atomic E-state index is 12.3. The molecule has 116 valence electrons. The summed E-state index contributed by atoms with van der Waals surface area (Å²) in [6.07, 6.45) is 0.110. The number of rotatable bonds is 6. The highest BCUT2D eigenvalue weighted by Crippen LogP contribution is 2.20. The Morgan fingerprint density at radius 2 is 1.86 bits per heavy atom. The summed E-state index contributed by atoms with van der Waals surface area (Å²) in [5, 5.41) is 9.17. The molecule has 1 rings (SSSR count). The summed E-state index contributed by atoms with van der Waals surface area (Å²) in [5.41, 5.74) is 0.465. The molecule has 0 atom stereocenters. The molecule has 0 radical (unpaired) electrons. The van der Waals surface area contributed by atoms with Gasteiger partial charge in [0.25, 0.3) is 0 Å². The molecular weight excluding hydrogens is 272 g/mol. The van der Waals surface area contributed by atoms with Crippen molar-refractivity contribution in [2.75, 3.05) is 32.1 Å². The van der Waals surface area contributed by atoms with Crippen LogP contribution in [-0.4, -0.2) is 55.4 Å². The Hall–Kier alpha value is -2.08. The standard InChI is InChI=1S/C15H22N2O4/c1-11(2)21-10-9-16(3)15(20)17(4)13-8-6-5-7-12(13)14(18)19/h5-8,11H,9-10H2,1-4H3,(H,18,19). The molecule has 0 aliphatic carbocycles. The van der Waals surface area contributed by atoms with E-state index in [0.29, 0.717) is 18.8 Å². The molecule has 2 amide bonds. The fourth-order valence-electron chi connectivity index (χ4n) is 1.83. The van der Waals surface area contributed by atoms with E-state index in [4.69, 9.17) is 9.84 Å². The van der Waals surface area contributed by atoms with Gasteiger partial charge in [0.2, 0.25) is 0 Å². The van der Waals surface area contributed by atoms with Gasteiger partial charge in [-0.05, 0) is 26.0 Å². The Morgan fingerprint density at radius 1 is 1.24 bits per heavy atom. The maximum Gasteiger partial charge on any atom is 0.337 e. The molecule has 21 heavy (non-hydrogen) atoms. The van der Waals surface area contributed by atoms with Crippen molar-refractivity contribution in [2.24, 2.45) is 0 Å². The van der Waals surface area contributed by atoms with E-state index in [1.54, 1.807) is 32.3 Å². The molecule has 0 fully saturated rings. The van der Waals surface area contributed by atoms with Gasteiger partial charge < -0.3 is 14.7 Å². The number of carboxylic acid groups (broad SMARTS) is 1. The van der Waals surface area contributed by atoms with Gasteiger partial charge in [-0.1, -0.05) is 12.1 Å². The fraction of sp³-hybridized carbons (Fsp3) is 0.467. The SMILES string of the molecule is CC(C)OCCN(C)C(=O)N(C)c1ccccc1C(=O)O. The first-order valence-electron chi connectivity index (χ1n) is 6.77. The van der Waals surface area contributed by atoms with Gasteiger partial charge in [0.1, 0.15) is 0 Å². The Bertz CT molecular complexity index is 502. The van der Waals surface area contributed by atoms with Gasteiger partial charge in [-0.2, -0.15) is 0 Å². The first kappa shape index (κ1) is 17.0. The molecule has 0 unspecified atom stereocenters. The second kappa shape index (κ2) is 7.64. The smallest absolute Gasteiger partial charge is 0.337 e. The number of hydrogen-bond acceptors (Lipinski definition) is 3. The minimum absolute atomic E-state index is 0.0974. The predicted molar refractivity (Wildman–Crippen MR) is 80.9 cm³/mol. The van der Waals surface area contributed by atoms with E-state index >= 15 is 0 Å². The monoisotopic (exact) mass is 294 g/mol. The van der Waals surface area contributed by atoms with Gasteiger partial charge in [-0.15, -0.1) is 0 Å². The van der Waals surface area contributed by atoms with Crippen LogP contribution < -0.4 is 4.90 Å². The number of para-hydroxylation sites is 1. The van der Waals surface area contributed by atoms with Crippen molar-refractivity contribution < 1.29 is 19.4 Å². The molecule has 6 nitrogen and oxygen atoms in total. The van der Waals surface area contributed by atoms with Crippen LogP contribution in [0.2, 0.25) is 0 Å². The van der Waals surface area contributed by atoms with Crippen LogP contribution in [0.15, 0.2) is 24.3 Å². The fourth-order valence-corrected chi connectivity index (χ4v) is 1.83. The van der Waals surface area contributed by atoms with E-state index in [-0.39, 0.29) is 17.7 Å². The van der Waals surface area contributed by atoms with E-state index < -0.39 is 5.97 Å². The molecule has 0 bridgehead atoms. The van der Waals surface area contributed by atoms with Crippen molar-refractivity contribution in [1.82, 2.24) is 4.90 Å². The van der Waals surface area contributed by atoms with Crippen molar-refractivity contribution >= 4 is 17.7 Å². The second-order valence-corrected chi connectivity index (χ2v) is 5.00. The van der Waals surface area contributed by atoms with Crippen LogP contribution in [0.4, 0.5) is 10.5 Å². The average molecular weight is 294 g/mol. The third-order valence-corrected chi connectivity index (χ3v) is 2.99. The Morgan fingerprint density at radius 3 is 2.43 bits per heavy atom. The molecule has 1 aromatic carbocycles. The van der Waals surface area contributed by atoms with Crippen molar-refractivity contribution in [2.45, 2.75) is 20.0 Å². The third-order valence-electron chi connectivity index (χ3n) is 2.99. The summed E-state index contributed by atoms with van der Waals surface area (Å²) < 4.78 is 5.40. The summed E-state index contributed by atoms with van der Waals surface area (Å²) in [4.78, 5) is 26.3. The van der Waals surface area contributed by atoms with Crippen LogP contribution in [0, 0.1) is 0 Å². The lowest BCUT2D eigenvalue weighted by molar-refractivity contribution is 0.0683. The van der Waals surface area contributed by atoms with E-state index in [9.17, 15) is 9.59 Å². The lowest BCUT2D eigenvalue weighted by atomic mass is 10.1. The second-order valence-electron chi connectivity index (χ2n) is 5.00. The van der Waals surface area contributed by atoms with E-state index in [1.165, 1.54) is 15.9 Å². The molecule has 0 saturated carbocycles. The number of carbonyl (C=O) groups excluding carboxylic acids is 1. The van der Waals surface area contributed by atoms with Gasteiger partial charge in [0, 0.05) is 20.6 Å². The van der Waals surface area contributed by atoms with Gasteiger partial charge in [0.05, 0.1) is 24.0 Å². The summed E-state index contributed by atoms with van der Waals surface area (Å²) in [6, 6.07) is 6.14. The molecule has 0 aliphatic rings. The highest BCUT2D eigenvalue weighted by molar-refractivity contribution is 6.00. The van der Waals surface area contributed by atoms with Crippen LogP contribution in [0.25, 0.3) is 0 Å². The zero-order valence-corrected chi connectivity index (χ0v) is 12.9. The van der Waals surface area contributed by atoms with Crippen LogP contribution in [0.1, 0.15) is 24.2 Å². The van der Waals surface area contributed by atoms with E-state index in [2.05, 4.69) is 0 Å². The minimum Gasteiger partial charge on any atom is -0.478 e. The molecule has 0 saturated heterocycles. The quantitative estimate of drug-likeness (QED) is 0.874. The van der Waals surface area contributed by atoms with Crippen LogP contribution >= 0.6 is 0 Å². The lowest BCUT2D eigenvalue weighted by Gasteiger charge is -2.26. The number of likely N-dealkylation sites (N-methyl/N-ethyl adjacent to an activating group) is 1. The highest BCUT2D eigenvalue weighted by atomic mass is 16.5. The van der Waals surface area contributed by atoms with Crippen molar-refractivity contribution in [1.29, 1.82) is 0 Å². The number of aromatic carboxylic acids is 1. The van der Waals surface area contributed by atoms with Crippen molar-refractivity contribution in [3.8, 4) is 0 Å². The van der Waals surface area contributed by atoms with Crippen molar-refractivity contribution in [3.63, 3.8) is 0 Å². The summed E-state index contributed by atoms with van der Waals surface area (Å²) in [7, 11) is 3.22. The van der Waals surface area contributed by atoms with Gasteiger partial charge in [-0.25, -0.2) is 9.59 Å². The summed E-state index contributed by atoms with van der Waals surface area (Å²) in [5.74, 6) is -1.06. The largest absolute Gasteiger partial charge is 0.478 e. The number of hydrogen-bond donors (Lipinski definition) is 1. The Labute approximate surface area is 124 Å². The topological polar surface area (TPSA) is 70.1 Å². The zero-order valence-electron chi connectivity index (χ0n) is 12.9. The molecule has 0 heterocycles. The van der Waals surface area contributed by atoms with Gasteiger partial charge in [0.15, 0.2) is 0 Å². The highest BCUT2D eigenvalue weighted by Gasteiger charge is 2.20. The Kier molecular flexibility index (Phi) is 6.17. The first-order chi connectivity index (χ1) is 9.84. The summed E-state index contributed by atoms with van der Waals surface area (Å²) >= 11 is 0. The van der Waals surface area contributed by atoms with E-state index in [1.807, 2.05) is 13.8 Å². The Balaban J connectivity index is 2.76. The maximum absolute atomic E-state index is 12.3. The van der Waals surface area contributed by atoms with Crippen LogP contribution in [-0.2, 0) is 4.74 Å². The van der Waals surface area contributed by atoms with E-state index in [0.717, 1.165) is 0 Å². The number of carbonyl (C=O) groups is 2. The van der Waals surface area contributed by atoms with Gasteiger partial charge >= 0.3 is 12.0 Å². The molecule has 1 aromatic rings. The minimum atomic E-state index is -1.06. The number of ether oxygens (including phenoxy) is 1. The number of urea groups is 1. The van der Waals surface area contributed by atoms with Crippen LogP contribution in [0.3, 0.4) is 0 Å². The van der Waals surface area contributed by atoms with Crippen LogP contribution in [0.5, 0.6) is 0 Å². The number of amides is 2. The molecular formula is C15H22N2O4. The molecule has 1 N–H and O–H groups in total.